The van der Waals surface area contributed by atoms with Gasteiger partial charge in [0.1, 0.15) is 5.75 Å². The molecule has 0 atom stereocenters. The van der Waals surface area contributed by atoms with E-state index in [9.17, 15) is 5.11 Å². The molecule has 0 amide bonds. The zero-order chi connectivity index (χ0) is 23.6. The van der Waals surface area contributed by atoms with Crippen molar-refractivity contribution < 1.29 is 5.11 Å². The van der Waals surface area contributed by atoms with Crippen LogP contribution < -0.4 is 0 Å². The predicted molar refractivity (Wildman–Crippen MR) is 153 cm³/mol. The molecule has 3 heteroatoms. The Morgan fingerprint density at radius 1 is 0.636 bits per heavy atom. The molecule has 0 fully saturated rings. The number of unbranched alkanes of at least 4 members (excludes halogenated alkanes) is 10. The smallest absolute Gasteiger partial charge is 0.127 e. The summed E-state index contributed by atoms with van der Waals surface area (Å²) in [6.45, 7) is 4.55. The molecule has 0 saturated heterocycles. The van der Waals surface area contributed by atoms with Crippen molar-refractivity contribution in [1.29, 1.82) is 0 Å². The highest BCUT2D eigenvalue weighted by molar-refractivity contribution is 7.98. The monoisotopic (exact) mass is 486 g/mol. The Labute approximate surface area is 212 Å². The second-order valence-electron chi connectivity index (χ2n) is 9.16. The maximum atomic E-state index is 11.1. The van der Waals surface area contributed by atoms with Crippen molar-refractivity contribution in [3.8, 4) is 16.9 Å². The van der Waals surface area contributed by atoms with Crippen molar-refractivity contribution >= 4 is 23.5 Å². The summed E-state index contributed by atoms with van der Waals surface area (Å²) < 4.78 is 0. The van der Waals surface area contributed by atoms with Crippen LogP contribution in [-0.4, -0.2) is 16.6 Å². The molecule has 2 aromatic rings. The number of hydrogen-bond donors (Lipinski definition) is 1. The van der Waals surface area contributed by atoms with E-state index >= 15 is 0 Å². The quantitative estimate of drug-likeness (QED) is 0.199. The average molecular weight is 487 g/mol. The Bertz CT molecular complexity index is 744. The topological polar surface area (TPSA) is 20.2 Å². The van der Waals surface area contributed by atoms with Crippen LogP contribution in [-0.2, 0) is 11.5 Å². The van der Waals surface area contributed by atoms with Crippen LogP contribution in [0.1, 0.15) is 102 Å². The highest BCUT2D eigenvalue weighted by Crippen LogP contribution is 2.36. The highest BCUT2D eigenvalue weighted by atomic mass is 32.2. The first-order chi connectivity index (χ1) is 16.3. The normalized spacial score (nSPS) is 11.2. The van der Waals surface area contributed by atoms with Crippen LogP contribution in [0.3, 0.4) is 0 Å². The first-order valence-electron chi connectivity index (χ1n) is 13.3. The number of phenolic OH excluding ortho intramolecular Hbond substituents is 1. The van der Waals surface area contributed by atoms with Gasteiger partial charge >= 0.3 is 0 Å². The summed E-state index contributed by atoms with van der Waals surface area (Å²) in [5.74, 6) is 4.82. The third-order valence-electron chi connectivity index (χ3n) is 6.14. The summed E-state index contributed by atoms with van der Waals surface area (Å²) in [5, 5.41) is 11.1. The van der Waals surface area contributed by atoms with Gasteiger partial charge in [0, 0.05) is 22.6 Å². The van der Waals surface area contributed by atoms with E-state index in [-0.39, 0.29) is 0 Å². The van der Waals surface area contributed by atoms with Gasteiger partial charge in [-0.3, -0.25) is 0 Å². The Morgan fingerprint density at radius 3 is 1.79 bits per heavy atom. The fraction of sp³-hybridized carbons (Fsp3) is 0.600. The van der Waals surface area contributed by atoms with Crippen molar-refractivity contribution in [2.45, 2.75) is 102 Å². The molecule has 0 spiro atoms. The molecular formula is C30H46OS2. The molecule has 184 valence electrons. The number of aromatic hydroxyl groups is 1. The maximum Gasteiger partial charge on any atom is 0.127 e. The van der Waals surface area contributed by atoms with Gasteiger partial charge in [0.05, 0.1) is 0 Å². The van der Waals surface area contributed by atoms with Gasteiger partial charge in [0.15, 0.2) is 0 Å². The molecule has 0 aliphatic heterocycles. The molecule has 0 saturated carbocycles. The standard InChI is InChI=1S/C30H46OS2/c1-3-5-7-9-11-16-20-32-24-26-22-28(25-33-21-17-12-10-8-6-4-2)30(31)29(23-26)27-18-14-13-15-19-27/h13-15,18-19,22-23,31H,3-12,16-17,20-21,24-25H2,1-2H3. The van der Waals surface area contributed by atoms with Gasteiger partial charge in [0.25, 0.3) is 0 Å². The number of thioether (sulfide) groups is 2. The Kier molecular flexibility index (Phi) is 15.6. The molecule has 0 aromatic heterocycles. The van der Waals surface area contributed by atoms with Crippen molar-refractivity contribution in [1.82, 2.24) is 0 Å². The summed E-state index contributed by atoms with van der Waals surface area (Å²) in [6.07, 6.45) is 16.2. The fourth-order valence-electron chi connectivity index (χ4n) is 4.13. The third kappa shape index (κ3) is 11.8. The minimum atomic E-state index is 0.473. The lowest BCUT2D eigenvalue weighted by atomic mass is 9.99. The number of phenols is 1. The van der Waals surface area contributed by atoms with Crippen molar-refractivity contribution in [3.63, 3.8) is 0 Å². The lowest BCUT2D eigenvalue weighted by molar-refractivity contribution is 0.472. The average Bonchev–Trinajstić information content (AvgIpc) is 2.84. The molecule has 0 heterocycles. The largest absolute Gasteiger partial charge is 0.507 e. The van der Waals surface area contributed by atoms with Crippen molar-refractivity contribution in [2.75, 3.05) is 11.5 Å². The van der Waals surface area contributed by atoms with Gasteiger partial charge in [-0.25, -0.2) is 0 Å². The van der Waals surface area contributed by atoms with Crippen LogP contribution >= 0.6 is 23.5 Å². The molecule has 0 aliphatic carbocycles. The van der Waals surface area contributed by atoms with E-state index in [0.717, 1.165) is 28.2 Å². The second-order valence-corrected chi connectivity index (χ2v) is 11.4. The molecule has 1 N–H and O–H groups in total. The van der Waals surface area contributed by atoms with Gasteiger partial charge in [-0.2, -0.15) is 23.5 Å². The molecule has 0 aliphatic rings. The van der Waals surface area contributed by atoms with E-state index < -0.39 is 0 Å². The van der Waals surface area contributed by atoms with Crippen LogP contribution in [0, 0.1) is 0 Å². The van der Waals surface area contributed by atoms with Crippen LogP contribution in [0.25, 0.3) is 11.1 Å². The summed E-state index contributed by atoms with van der Waals surface area (Å²) in [7, 11) is 0. The number of hydrogen-bond acceptors (Lipinski definition) is 3. The minimum Gasteiger partial charge on any atom is -0.507 e. The van der Waals surface area contributed by atoms with E-state index in [1.54, 1.807) is 0 Å². The second kappa shape index (κ2) is 18.3. The van der Waals surface area contributed by atoms with E-state index in [1.807, 2.05) is 29.6 Å². The molecule has 2 rings (SSSR count). The van der Waals surface area contributed by atoms with Crippen LogP contribution in [0.2, 0.25) is 0 Å². The highest BCUT2D eigenvalue weighted by Gasteiger charge is 2.12. The third-order valence-corrected chi connectivity index (χ3v) is 8.35. The maximum absolute atomic E-state index is 11.1. The van der Waals surface area contributed by atoms with E-state index in [1.165, 1.54) is 94.1 Å². The molecule has 2 aromatic carbocycles. The van der Waals surface area contributed by atoms with Crippen LogP contribution in [0.5, 0.6) is 5.75 Å². The summed E-state index contributed by atoms with van der Waals surface area (Å²) in [6, 6.07) is 14.8. The van der Waals surface area contributed by atoms with E-state index in [4.69, 9.17) is 0 Å². The Hall–Kier alpha value is -1.06. The Morgan fingerprint density at radius 2 is 1.18 bits per heavy atom. The van der Waals surface area contributed by atoms with Crippen LogP contribution in [0.4, 0.5) is 0 Å². The van der Waals surface area contributed by atoms with E-state index in [2.05, 4.69) is 50.2 Å². The number of benzene rings is 2. The van der Waals surface area contributed by atoms with Crippen molar-refractivity contribution in [2.24, 2.45) is 0 Å². The SMILES string of the molecule is CCCCCCCCSCc1cc(CSCCCCCCCC)c(O)c(-c2ccccc2)c1. The Balaban J connectivity index is 1.89. The molecule has 1 nitrogen and oxygen atoms in total. The molecular weight excluding hydrogens is 440 g/mol. The van der Waals surface area contributed by atoms with Gasteiger partial charge in [-0.15, -0.1) is 0 Å². The van der Waals surface area contributed by atoms with Crippen LogP contribution in [0.15, 0.2) is 42.5 Å². The van der Waals surface area contributed by atoms with Gasteiger partial charge < -0.3 is 5.11 Å². The first kappa shape index (κ1) is 28.2. The summed E-state index contributed by atoms with van der Waals surface area (Å²) >= 11 is 4.01. The zero-order valence-corrected chi connectivity index (χ0v) is 22.8. The predicted octanol–water partition coefficient (Wildman–Crippen LogP) is 10.2. The molecule has 0 radical (unpaired) electrons. The van der Waals surface area contributed by atoms with Gasteiger partial charge in [0.2, 0.25) is 0 Å². The van der Waals surface area contributed by atoms with Crippen molar-refractivity contribution in [3.05, 3.63) is 53.6 Å². The lowest BCUT2D eigenvalue weighted by Gasteiger charge is -2.14. The number of rotatable bonds is 19. The van der Waals surface area contributed by atoms with Gasteiger partial charge in [-0.05, 0) is 41.5 Å². The molecule has 33 heavy (non-hydrogen) atoms. The molecule has 0 bridgehead atoms. The minimum absolute atomic E-state index is 0.473. The van der Waals surface area contributed by atoms with Gasteiger partial charge in [-0.1, -0.05) is 114 Å². The lowest BCUT2D eigenvalue weighted by Crippen LogP contribution is -1.93. The first-order valence-corrected chi connectivity index (χ1v) is 15.6. The summed E-state index contributed by atoms with van der Waals surface area (Å²) in [4.78, 5) is 0. The molecule has 0 unspecified atom stereocenters. The van der Waals surface area contributed by atoms with E-state index in [0.29, 0.717) is 5.75 Å². The zero-order valence-electron chi connectivity index (χ0n) is 21.1. The summed E-state index contributed by atoms with van der Waals surface area (Å²) in [5.41, 5.74) is 4.55. The fourth-order valence-corrected chi connectivity index (χ4v) is 6.08.